The van der Waals surface area contributed by atoms with Crippen LogP contribution in [0.2, 0.25) is 0 Å². The molecule has 1 N–H and O–H groups in total. The first-order valence-corrected chi connectivity index (χ1v) is 8.61. The van der Waals surface area contributed by atoms with Crippen molar-refractivity contribution >= 4 is 39.0 Å². The first-order valence-electron chi connectivity index (χ1n) is 7.73. The van der Waals surface area contributed by atoms with E-state index in [1.54, 1.807) is 17.8 Å². The fourth-order valence-corrected chi connectivity index (χ4v) is 3.36. The van der Waals surface area contributed by atoms with Gasteiger partial charge in [-0.2, -0.15) is 0 Å². The highest BCUT2D eigenvalue weighted by Gasteiger charge is 2.13. The number of fused-ring (bicyclic) bond motifs is 1. The molecule has 0 bridgehead atoms. The van der Waals surface area contributed by atoms with Gasteiger partial charge in [0.2, 0.25) is 0 Å². The molecule has 0 spiro atoms. The van der Waals surface area contributed by atoms with Crippen molar-refractivity contribution in [2.45, 2.75) is 0 Å². The van der Waals surface area contributed by atoms with Crippen LogP contribution < -0.4 is 10.2 Å². The SMILES string of the molecule is O=C(Nc1ccc(N2CCOCC2)nc1)c1ccc2ncsc2c1. The van der Waals surface area contributed by atoms with Gasteiger partial charge in [0, 0.05) is 18.7 Å². The maximum atomic E-state index is 12.4. The van der Waals surface area contributed by atoms with Crippen molar-refractivity contribution in [3.8, 4) is 0 Å². The predicted molar refractivity (Wildman–Crippen MR) is 94.8 cm³/mol. The Labute approximate surface area is 143 Å². The van der Waals surface area contributed by atoms with E-state index < -0.39 is 0 Å². The average Bonchev–Trinajstić information content (AvgIpc) is 3.11. The van der Waals surface area contributed by atoms with Crippen LogP contribution in [0.3, 0.4) is 0 Å². The van der Waals surface area contributed by atoms with Gasteiger partial charge in [-0.1, -0.05) is 0 Å². The molecule has 2 aromatic heterocycles. The summed E-state index contributed by atoms with van der Waals surface area (Å²) in [7, 11) is 0. The minimum atomic E-state index is -0.147. The van der Waals surface area contributed by atoms with E-state index in [2.05, 4.69) is 20.2 Å². The molecule has 24 heavy (non-hydrogen) atoms. The van der Waals surface area contributed by atoms with Crippen LogP contribution >= 0.6 is 11.3 Å². The number of aromatic nitrogens is 2. The van der Waals surface area contributed by atoms with Gasteiger partial charge < -0.3 is 15.0 Å². The Morgan fingerprint density at radius 3 is 2.83 bits per heavy atom. The highest BCUT2D eigenvalue weighted by molar-refractivity contribution is 7.16. The molecule has 1 aliphatic rings. The quantitative estimate of drug-likeness (QED) is 0.794. The number of benzene rings is 1. The van der Waals surface area contributed by atoms with Crippen LogP contribution in [0, 0.1) is 0 Å². The molecular weight excluding hydrogens is 324 g/mol. The number of anilines is 2. The second-order valence-electron chi connectivity index (χ2n) is 5.49. The Morgan fingerprint density at radius 2 is 2.04 bits per heavy atom. The lowest BCUT2D eigenvalue weighted by Gasteiger charge is -2.27. The minimum Gasteiger partial charge on any atom is -0.378 e. The van der Waals surface area contributed by atoms with Crippen molar-refractivity contribution in [3.05, 3.63) is 47.6 Å². The number of carbonyl (C=O) groups excluding carboxylic acids is 1. The van der Waals surface area contributed by atoms with E-state index in [1.807, 2.05) is 24.3 Å². The molecule has 1 saturated heterocycles. The molecule has 1 amide bonds. The fraction of sp³-hybridized carbons (Fsp3) is 0.235. The van der Waals surface area contributed by atoms with Gasteiger partial charge in [0.1, 0.15) is 5.82 Å². The number of carbonyl (C=O) groups is 1. The van der Waals surface area contributed by atoms with E-state index >= 15 is 0 Å². The molecule has 0 saturated carbocycles. The van der Waals surface area contributed by atoms with Crippen LogP contribution in [0.4, 0.5) is 11.5 Å². The van der Waals surface area contributed by atoms with E-state index in [1.165, 1.54) is 11.3 Å². The summed E-state index contributed by atoms with van der Waals surface area (Å²) in [5.41, 5.74) is 3.99. The summed E-state index contributed by atoms with van der Waals surface area (Å²) in [5.74, 6) is 0.758. The zero-order valence-electron chi connectivity index (χ0n) is 12.9. The van der Waals surface area contributed by atoms with Crippen molar-refractivity contribution < 1.29 is 9.53 Å². The van der Waals surface area contributed by atoms with Gasteiger partial charge in [-0.25, -0.2) is 9.97 Å². The van der Waals surface area contributed by atoms with Gasteiger partial charge in [0.25, 0.3) is 5.91 Å². The second-order valence-corrected chi connectivity index (χ2v) is 6.38. The summed E-state index contributed by atoms with van der Waals surface area (Å²) in [6, 6.07) is 9.31. The fourth-order valence-electron chi connectivity index (χ4n) is 2.64. The van der Waals surface area contributed by atoms with Crippen molar-refractivity contribution in [1.82, 2.24) is 9.97 Å². The Bertz CT molecular complexity index is 856. The number of amides is 1. The Morgan fingerprint density at radius 1 is 1.17 bits per heavy atom. The molecule has 3 aromatic rings. The molecule has 122 valence electrons. The lowest BCUT2D eigenvalue weighted by Crippen LogP contribution is -2.36. The monoisotopic (exact) mass is 340 g/mol. The molecule has 6 nitrogen and oxygen atoms in total. The normalized spacial score (nSPS) is 14.8. The van der Waals surface area contributed by atoms with Gasteiger partial charge in [-0.15, -0.1) is 11.3 Å². The first-order chi connectivity index (χ1) is 11.8. The van der Waals surface area contributed by atoms with Gasteiger partial charge in [-0.05, 0) is 30.3 Å². The van der Waals surface area contributed by atoms with Crippen LogP contribution in [-0.4, -0.2) is 42.2 Å². The van der Waals surface area contributed by atoms with Crippen LogP contribution in [0.5, 0.6) is 0 Å². The molecular formula is C17H16N4O2S. The van der Waals surface area contributed by atoms with Gasteiger partial charge >= 0.3 is 0 Å². The highest BCUT2D eigenvalue weighted by Crippen LogP contribution is 2.20. The lowest BCUT2D eigenvalue weighted by atomic mass is 10.2. The standard InChI is InChI=1S/C17H16N4O2S/c22-17(12-1-3-14-15(9-12)24-11-19-14)20-13-2-4-16(18-10-13)21-5-7-23-8-6-21/h1-4,9-11H,5-8H2,(H,20,22). The number of nitrogens with one attached hydrogen (secondary N) is 1. The number of hydrogen-bond acceptors (Lipinski definition) is 6. The Hall–Kier alpha value is -2.51. The molecule has 1 aliphatic heterocycles. The molecule has 7 heteroatoms. The number of nitrogens with zero attached hydrogens (tertiary/aromatic N) is 3. The summed E-state index contributed by atoms with van der Waals surface area (Å²) in [4.78, 5) is 23.2. The number of hydrogen-bond donors (Lipinski definition) is 1. The maximum Gasteiger partial charge on any atom is 0.255 e. The summed E-state index contributed by atoms with van der Waals surface area (Å²) >= 11 is 1.52. The summed E-state index contributed by atoms with van der Waals surface area (Å²) in [6.45, 7) is 3.13. The number of thiazole rings is 1. The third kappa shape index (κ3) is 3.08. The highest BCUT2D eigenvalue weighted by atomic mass is 32.1. The van der Waals surface area contributed by atoms with Crippen LogP contribution in [0.15, 0.2) is 42.0 Å². The summed E-state index contributed by atoms with van der Waals surface area (Å²) < 4.78 is 6.34. The van der Waals surface area contributed by atoms with Crippen molar-refractivity contribution in [1.29, 1.82) is 0 Å². The van der Waals surface area contributed by atoms with Gasteiger partial charge in [0.15, 0.2) is 0 Å². The second kappa shape index (κ2) is 6.54. The van der Waals surface area contributed by atoms with E-state index in [4.69, 9.17) is 4.74 Å². The number of pyridine rings is 1. The van der Waals surface area contributed by atoms with E-state index in [9.17, 15) is 4.79 Å². The van der Waals surface area contributed by atoms with Crippen molar-refractivity contribution in [2.24, 2.45) is 0 Å². The van der Waals surface area contributed by atoms with E-state index in [0.29, 0.717) is 11.3 Å². The molecule has 1 aromatic carbocycles. The Balaban J connectivity index is 1.46. The molecule has 0 unspecified atom stereocenters. The third-order valence-electron chi connectivity index (χ3n) is 3.93. The Kier molecular flexibility index (Phi) is 4.10. The molecule has 1 fully saturated rings. The summed E-state index contributed by atoms with van der Waals surface area (Å²) in [6.07, 6.45) is 1.69. The molecule has 3 heterocycles. The van der Waals surface area contributed by atoms with Crippen LogP contribution in [0.1, 0.15) is 10.4 Å². The zero-order chi connectivity index (χ0) is 16.4. The van der Waals surface area contributed by atoms with Crippen molar-refractivity contribution in [3.63, 3.8) is 0 Å². The third-order valence-corrected chi connectivity index (χ3v) is 4.73. The minimum absolute atomic E-state index is 0.147. The molecule has 0 aliphatic carbocycles. The number of ether oxygens (including phenoxy) is 1. The van der Waals surface area contributed by atoms with E-state index in [-0.39, 0.29) is 5.91 Å². The topological polar surface area (TPSA) is 67.4 Å². The van der Waals surface area contributed by atoms with Gasteiger partial charge in [0.05, 0.1) is 40.8 Å². The predicted octanol–water partition coefficient (Wildman–Crippen LogP) is 2.78. The van der Waals surface area contributed by atoms with Crippen molar-refractivity contribution in [2.75, 3.05) is 36.5 Å². The molecule has 0 radical (unpaired) electrons. The first kappa shape index (κ1) is 15.0. The number of morpholine rings is 1. The molecule has 0 atom stereocenters. The lowest BCUT2D eigenvalue weighted by molar-refractivity contribution is 0.102. The maximum absolute atomic E-state index is 12.4. The average molecular weight is 340 g/mol. The molecule has 4 rings (SSSR count). The summed E-state index contributed by atoms with van der Waals surface area (Å²) in [5, 5.41) is 2.88. The van der Waals surface area contributed by atoms with E-state index in [0.717, 1.165) is 42.3 Å². The smallest absolute Gasteiger partial charge is 0.255 e. The van der Waals surface area contributed by atoms with Crippen LogP contribution in [-0.2, 0) is 4.74 Å². The van der Waals surface area contributed by atoms with Crippen LogP contribution in [0.25, 0.3) is 10.2 Å². The zero-order valence-corrected chi connectivity index (χ0v) is 13.8. The largest absolute Gasteiger partial charge is 0.378 e. The van der Waals surface area contributed by atoms with Gasteiger partial charge in [-0.3, -0.25) is 4.79 Å². The number of rotatable bonds is 3.